The average Bonchev–Trinajstić information content (AvgIpc) is 3.02. The zero-order chi connectivity index (χ0) is 17.8. The summed E-state index contributed by atoms with van der Waals surface area (Å²) in [6.45, 7) is 2.02. The second-order valence-corrected chi connectivity index (χ2v) is 6.82. The molecular formula is C19H22ClFN2O2. The largest absolute Gasteiger partial charge is 0.461 e. The van der Waals surface area contributed by atoms with Crippen molar-refractivity contribution in [3.8, 4) is 5.69 Å². The minimum atomic E-state index is -0.512. The van der Waals surface area contributed by atoms with E-state index in [1.807, 2.05) is 0 Å². The van der Waals surface area contributed by atoms with Crippen molar-refractivity contribution in [2.45, 2.75) is 45.4 Å². The maximum absolute atomic E-state index is 14.5. The van der Waals surface area contributed by atoms with Gasteiger partial charge in [-0.2, -0.15) is 0 Å². The molecule has 0 aliphatic heterocycles. The summed E-state index contributed by atoms with van der Waals surface area (Å²) in [6.07, 6.45) is 8.22. The van der Waals surface area contributed by atoms with Crippen molar-refractivity contribution in [1.82, 2.24) is 9.55 Å². The van der Waals surface area contributed by atoms with Crippen molar-refractivity contribution in [3.63, 3.8) is 0 Å². The number of hydrogen-bond acceptors (Lipinski definition) is 3. The van der Waals surface area contributed by atoms with Gasteiger partial charge >= 0.3 is 5.97 Å². The number of esters is 1. The highest BCUT2D eigenvalue weighted by Gasteiger charge is 2.22. The van der Waals surface area contributed by atoms with Crippen LogP contribution < -0.4 is 0 Å². The van der Waals surface area contributed by atoms with E-state index >= 15 is 0 Å². The number of carbonyl (C=O) groups excluding carboxylic acids is 1. The van der Waals surface area contributed by atoms with Gasteiger partial charge in [0.05, 0.1) is 17.3 Å². The molecule has 0 radical (unpaired) electrons. The first-order valence-electron chi connectivity index (χ1n) is 8.80. The molecule has 2 aromatic rings. The Morgan fingerprint density at radius 2 is 2.12 bits per heavy atom. The van der Waals surface area contributed by atoms with E-state index in [0.29, 0.717) is 23.9 Å². The summed E-state index contributed by atoms with van der Waals surface area (Å²) in [5.74, 6) is 0.179. The Hall–Kier alpha value is -1.88. The normalized spacial score (nSPS) is 15.3. The van der Waals surface area contributed by atoms with E-state index in [2.05, 4.69) is 4.98 Å². The Morgan fingerprint density at radius 3 is 2.84 bits per heavy atom. The van der Waals surface area contributed by atoms with Crippen LogP contribution in [0.15, 0.2) is 24.4 Å². The van der Waals surface area contributed by atoms with Gasteiger partial charge in [0.25, 0.3) is 0 Å². The summed E-state index contributed by atoms with van der Waals surface area (Å²) in [6, 6.07) is 4.84. The summed E-state index contributed by atoms with van der Waals surface area (Å²) in [4.78, 5) is 16.5. The van der Waals surface area contributed by atoms with Crippen LogP contribution in [0.2, 0.25) is 5.02 Å². The van der Waals surface area contributed by atoms with E-state index < -0.39 is 11.8 Å². The van der Waals surface area contributed by atoms with Crippen LogP contribution in [-0.4, -0.2) is 22.1 Å². The minimum absolute atomic E-state index is 0.0486. The highest BCUT2D eigenvalue weighted by molar-refractivity contribution is 6.30. The van der Waals surface area contributed by atoms with E-state index in [-0.39, 0.29) is 17.3 Å². The summed E-state index contributed by atoms with van der Waals surface area (Å²) >= 11 is 5.93. The standard InChI is InChI=1S/C19H22ClFN2O2/c1-2-25-19(24)15-12-23(16-10-6-9-14(20)18(16)21)17(22-15)11-13-7-4-3-5-8-13/h6,9-10,12-13H,2-5,7-8,11H2,1H3. The molecule has 0 bridgehead atoms. The molecule has 1 fully saturated rings. The van der Waals surface area contributed by atoms with Crippen LogP contribution >= 0.6 is 11.6 Å². The first-order chi connectivity index (χ1) is 12.1. The Labute approximate surface area is 152 Å². The van der Waals surface area contributed by atoms with Crippen molar-refractivity contribution in [2.75, 3.05) is 6.61 Å². The van der Waals surface area contributed by atoms with E-state index in [1.54, 1.807) is 29.8 Å². The molecule has 0 spiro atoms. The van der Waals surface area contributed by atoms with Crippen LogP contribution in [-0.2, 0) is 11.2 Å². The zero-order valence-corrected chi connectivity index (χ0v) is 15.1. The topological polar surface area (TPSA) is 44.1 Å². The molecule has 25 heavy (non-hydrogen) atoms. The van der Waals surface area contributed by atoms with Gasteiger partial charge in [-0.3, -0.25) is 4.57 Å². The molecule has 0 atom stereocenters. The van der Waals surface area contributed by atoms with Gasteiger partial charge in [0.2, 0.25) is 0 Å². The van der Waals surface area contributed by atoms with E-state index in [0.717, 1.165) is 12.8 Å². The molecule has 0 unspecified atom stereocenters. The Morgan fingerprint density at radius 1 is 1.36 bits per heavy atom. The lowest BCUT2D eigenvalue weighted by atomic mass is 9.87. The number of hydrogen-bond donors (Lipinski definition) is 0. The maximum atomic E-state index is 14.5. The monoisotopic (exact) mass is 364 g/mol. The maximum Gasteiger partial charge on any atom is 0.358 e. The minimum Gasteiger partial charge on any atom is -0.461 e. The Balaban J connectivity index is 1.98. The van der Waals surface area contributed by atoms with Crippen molar-refractivity contribution in [3.05, 3.63) is 46.8 Å². The Kier molecular flexibility index (Phi) is 5.74. The van der Waals surface area contributed by atoms with E-state index in [1.165, 1.54) is 25.3 Å². The molecule has 1 aliphatic carbocycles. The fraction of sp³-hybridized carbons (Fsp3) is 0.474. The van der Waals surface area contributed by atoms with Crippen LogP contribution in [0.4, 0.5) is 4.39 Å². The molecule has 0 saturated heterocycles. The lowest BCUT2D eigenvalue weighted by molar-refractivity contribution is 0.0520. The SMILES string of the molecule is CCOC(=O)c1cn(-c2cccc(Cl)c2F)c(CC2CCCCC2)n1. The number of halogens is 2. The molecular weight excluding hydrogens is 343 g/mol. The quantitative estimate of drug-likeness (QED) is 0.704. The second-order valence-electron chi connectivity index (χ2n) is 6.41. The third-order valence-corrected chi connectivity index (χ3v) is 4.94. The van der Waals surface area contributed by atoms with Crippen LogP contribution in [0.1, 0.15) is 55.3 Å². The van der Waals surface area contributed by atoms with Crippen molar-refractivity contribution in [1.29, 1.82) is 0 Å². The molecule has 0 amide bonds. The highest BCUT2D eigenvalue weighted by atomic mass is 35.5. The van der Waals surface area contributed by atoms with Crippen molar-refractivity contribution in [2.24, 2.45) is 5.92 Å². The van der Waals surface area contributed by atoms with E-state index in [4.69, 9.17) is 16.3 Å². The van der Waals surface area contributed by atoms with E-state index in [9.17, 15) is 9.18 Å². The first kappa shape index (κ1) is 17.9. The molecule has 1 saturated carbocycles. The molecule has 3 rings (SSSR count). The third kappa shape index (κ3) is 4.03. The summed E-state index contributed by atoms with van der Waals surface area (Å²) in [5, 5.41) is 0.0486. The van der Waals surface area contributed by atoms with Crippen LogP contribution in [0.3, 0.4) is 0 Å². The molecule has 134 valence electrons. The van der Waals surface area contributed by atoms with Crippen molar-refractivity contribution < 1.29 is 13.9 Å². The van der Waals surface area contributed by atoms with Crippen LogP contribution in [0.25, 0.3) is 5.69 Å². The summed E-state index contributed by atoms with van der Waals surface area (Å²) in [7, 11) is 0. The summed E-state index contributed by atoms with van der Waals surface area (Å²) < 4.78 is 21.2. The number of rotatable bonds is 5. The second kappa shape index (κ2) is 8.00. The fourth-order valence-electron chi connectivity index (χ4n) is 3.40. The van der Waals surface area contributed by atoms with Gasteiger partial charge in [-0.05, 0) is 25.0 Å². The van der Waals surface area contributed by atoms with Gasteiger partial charge in [-0.1, -0.05) is 49.8 Å². The molecule has 1 aromatic carbocycles. The van der Waals surface area contributed by atoms with Gasteiger partial charge < -0.3 is 4.74 Å². The molecule has 1 aromatic heterocycles. The third-order valence-electron chi connectivity index (χ3n) is 4.65. The fourth-order valence-corrected chi connectivity index (χ4v) is 3.57. The van der Waals surface area contributed by atoms with Gasteiger partial charge in [-0.15, -0.1) is 0 Å². The first-order valence-corrected chi connectivity index (χ1v) is 9.17. The summed E-state index contributed by atoms with van der Waals surface area (Å²) in [5.41, 5.74) is 0.508. The van der Waals surface area contributed by atoms with Crippen LogP contribution in [0, 0.1) is 11.7 Å². The highest BCUT2D eigenvalue weighted by Crippen LogP contribution is 2.29. The van der Waals surface area contributed by atoms with Gasteiger partial charge in [0.15, 0.2) is 11.5 Å². The number of imidazole rings is 1. The lowest BCUT2D eigenvalue weighted by Crippen LogP contribution is -2.13. The molecule has 1 aliphatic rings. The smallest absolute Gasteiger partial charge is 0.358 e. The number of benzene rings is 1. The van der Waals surface area contributed by atoms with Crippen LogP contribution in [0.5, 0.6) is 0 Å². The Bertz CT molecular complexity index is 754. The van der Waals surface area contributed by atoms with Gasteiger partial charge in [-0.25, -0.2) is 14.2 Å². The number of carbonyl (C=O) groups is 1. The van der Waals surface area contributed by atoms with Crippen molar-refractivity contribution >= 4 is 17.6 Å². The average molecular weight is 365 g/mol. The number of ether oxygens (including phenoxy) is 1. The molecule has 4 nitrogen and oxygen atoms in total. The van der Waals surface area contributed by atoms with Gasteiger partial charge in [0.1, 0.15) is 5.82 Å². The number of aromatic nitrogens is 2. The van der Waals surface area contributed by atoms with Gasteiger partial charge in [0, 0.05) is 12.6 Å². The molecule has 0 N–H and O–H groups in total. The molecule has 1 heterocycles. The molecule has 6 heteroatoms. The number of nitrogens with zero attached hydrogens (tertiary/aromatic N) is 2. The zero-order valence-electron chi connectivity index (χ0n) is 14.3. The predicted molar refractivity (Wildman–Crippen MR) is 94.8 cm³/mol. The predicted octanol–water partition coefficient (Wildman–Crippen LogP) is 4.96. The lowest BCUT2D eigenvalue weighted by Gasteiger charge is -2.21.